The molecule has 0 aliphatic carbocycles. The molecule has 2 N–H and O–H groups in total. The van der Waals surface area contributed by atoms with E-state index >= 15 is 0 Å². The van der Waals surface area contributed by atoms with E-state index in [1.807, 2.05) is 18.7 Å². The molecule has 0 saturated carbocycles. The molecule has 2 aliphatic rings. The number of likely N-dealkylation sites (tertiary alicyclic amines) is 1. The first kappa shape index (κ1) is 16.2. The minimum Gasteiger partial charge on any atom is -0.379 e. The van der Waals surface area contributed by atoms with Crippen LogP contribution >= 0.6 is 0 Å². The van der Waals surface area contributed by atoms with Crippen molar-refractivity contribution in [2.45, 2.75) is 32.7 Å². The van der Waals surface area contributed by atoms with Gasteiger partial charge >= 0.3 is 0 Å². The topological polar surface area (TPSA) is 70.7 Å². The number of rotatable bonds is 5. The smallest absolute Gasteiger partial charge is 0.229 e. The third kappa shape index (κ3) is 3.95. The first-order valence-electron chi connectivity index (χ1n) is 8.05. The molecule has 2 fully saturated rings. The van der Waals surface area contributed by atoms with Crippen molar-refractivity contribution in [3.8, 4) is 0 Å². The summed E-state index contributed by atoms with van der Waals surface area (Å²) < 4.78 is 5.45. The Bertz CT molecular complexity index is 367. The molecule has 0 aromatic carbocycles. The first-order chi connectivity index (χ1) is 10.2. The molecular weight excluding hydrogens is 270 g/mol. The lowest BCUT2D eigenvalue weighted by Gasteiger charge is -2.33. The highest BCUT2D eigenvalue weighted by atomic mass is 16.5. The quantitative estimate of drug-likeness (QED) is 0.748. The summed E-state index contributed by atoms with van der Waals surface area (Å²) in [7, 11) is 0. The molecular formula is C15H27N3O3. The summed E-state index contributed by atoms with van der Waals surface area (Å²) in [5, 5.41) is 6.19. The van der Waals surface area contributed by atoms with Gasteiger partial charge in [0.05, 0.1) is 19.1 Å². The number of likely N-dealkylation sites (N-methyl/N-ethyl adjacent to an activating group) is 1. The fourth-order valence-electron chi connectivity index (χ4n) is 3.18. The van der Waals surface area contributed by atoms with Gasteiger partial charge in [-0.3, -0.25) is 9.59 Å². The molecule has 6 nitrogen and oxygen atoms in total. The average molecular weight is 297 g/mol. The summed E-state index contributed by atoms with van der Waals surface area (Å²) in [6, 6.07) is 0.128. The van der Waals surface area contributed by atoms with Gasteiger partial charge in [-0.1, -0.05) is 6.92 Å². The average Bonchev–Trinajstić information content (AvgIpc) is 2.95. The van der Waals surface area contributed by atoms with Gasteiger partial charge in [0.15, 0.2) is 0 Å². The van der Waals surface area contributed by atoms with E-state index in [2.05, 4.69) is 10.6 Å². The number of nitrogens with zero attached hydrogens (tertiary/aromatic N) is 1. The molecule has 2 atom stereocenters. The number of hydrogen-bond acceptors (Lipinski definition) is 4. The Labute approximate surface area is 126 Å². The summed E-state index contributed by atoms with van der Waals surface area (Å²) in [5.41, 5.74) is 0. The predicted molar refractivity (Wildman–Crippen MR) is 79.8 cm³/mol. The van der Waals surface area contributed by atoms with Crippen LogP contribution in [-0.4, -0.2) is 62.1 Å². The lowest BCUT2D eigenvalue weighted by atomic mass is 9.94. The van der Waals surface area contributed by atoms with Gasteiger partial charge in [-0.25, -0.2) is 0 Å². The van der Waals surface area contributed by atoms with Gasteiger partial charge in [-0.15, -0.1) is 0 Å². The van der Waals surface area contributed by atoms with Crippen LogP contribution < -0.4 is 10.6 Å². The Balaban J connectivity index is 1.84. The fourth-order valence-corrected chi connectivity index (χ4v) is 3.18. The third-order valence-corrected chi connectivity index (χ3v) is 4.39. The van der Waals surface area contributed by atoms with E-state index < -0.39 is 0 Å². The van der Waals surface area contributed by atoms with E-state index in [1.54, 1.807) is 0 Å². The van der Waals surface area contributed by atoms with Gasteiger partial charge in [-0.05, 0) is 26.3 Å². The monoisotopic (exact) mass is 297 g/mol. The van der Waals surface area contributed by atoms with Crippen LogP contribution in [0.25, 0.3) is 0 Å². The molecule has 2 rings (SSSR count). The van der Waals surface area contributed by atoms with Crippen molar-refractivity contribution >= 4 is 11.8 Å². The molecule has 0 aromatic heterocycles. The molecule has 120 valence electrons. The maximum atomic E-state index is 12.6. The maximum absolute atomic E-state index is 12.6. The molecule has 6 heteroatoms. The van der Waals surface area contributed by atoms with Gasteiger partial charge in [0.1, 0.15) is 0 Å². The number of nitrogens with one attached hydrogen (secondary N) is 2. The lowest BCUT2D eigenvalue weighted by Crippen LogP contribution is -2.49. The lowest BCUT2D eigenvalue weighted by molar-refractivity contribution is -0.139. The molecule has 2 aliphatic heterocycles. The highest BCUT2D eigenvalue weighted by Crippen LogP contribution is 2.22. The van der Waals surface area contributed by atoms with E-state index in [4.69, 9.17) is 4.74 Å². The molecule has 2 unspecified atom stereocenters. The highest BCUT2D eigenvalue weighted by Gasteiger charge is 2.37. The normalized spacial score (nSPS) is 26.9. The molecule has 2 saturated heterocycles. The van der Waals surface area contributed by atoms with Crippen LogP contribution in [0.4, 0.5) is 0 Å². The number of amides is 2. The second-order valence-corrected chi connectivity index (χ2v) is 5.80. The van der Waals surface area contributed by atoms with Gasteiger partial charge in [0.25, 0.3) is 0 Å². The van der Waals surface area contributed by atoms with E-state index in [-0.39, 0.29) is 29.7 Å². The Morgan fingerprint density at radius 2 is 1.86 bits per heavy atom. The summed E-state index contributed by atoms with van der Waals surface area (Å²) >= 11 is 0. The number of carbonyl (C=O) groups excluding carboxylic acids is 2. The van der Waals surface area contributed by atoms with Gasteiger partial charge in [0.2, 0.25) is 11.8 Å². The van der Waals surface area contributed by atoms with Crippen LogP contribution in [0.1, 0.15) is 26.7 Å². The molecule has 0 spiro atoms. The minimum atomic E-state index is -0.0778. The molecule has 0 radical (unpaired) electrons. The van der Waals surface area contributed by atoms with E-state index in [0.717, 1.165) is 19.4 Å². The fraction of sp³-hybridized carbons (Fsp3) is 0.867. The SMILES string of the molecule is CCNC(=O)C1CCN(C(=O)C2COCC2NCC)CC1. The van der Waals surface area contributed by atoms with Crippen molar-refractivity contribution in [1.29, 1.82) is 0 Å². The summed E-state index contributed by atoms with van der Waals surface area (Å²) in [4.78, 5) is 26.3. The van der Waals surface area contributed by atoms with Gasteiger partial charge in [0, 0.05) is 31.6 Å². The molecule has 0 bridgehead atoms. The van der Waals surface area contributed by atoms with Crippen LogP contribution in [0.15, 0.2) is 0 Å². The second-order valence-electron chi connectivity index (χ2n) is 5.80. The van der Waals surface area contributed by atoms with Crippen LogP contribution in [-0.2, 0) is 14.3 Å². The van der Waals surface area contributed by atoms with Gasteiger partial charge < -0.3 is 20.3 Å². The number of piperidine rings is 1. The number of ether oxygens (including phenoxy) is 1. The van der Waals surface area contributed by atoms with Crippen molar-refractivity contribution in [2.75, 3.05) is 39.4 Å². The summed E-state index contributed by atoms with van der Waals surface area (Å²) in [6.45, 7) is 7.95. The zero-order valence-electron chi connectivity index (χ0n) is 13.1. The van der Waals surface area contributed by atoms with Crippen molar-refractivity contribution in [2.24, 2.45) is 11.8 Å². The Kier molecular flexibility index (Phi) is 5.99. The largest absolute Gasteiger partial charge is 0.379 e. The Morgan fingerprint density at radius 3 is 2.48 bits per heavy atom. The zero-order valence-corrected chi connectivity index (χ0v) is 13.1. The standard InChI is InChI=1S/C15H27N3O3/c1-3-16-13-10-21-9-12(13)15(20)18-7-5-11(6-8-18)14(19)17-4-2/h11-13,16H,3-10H2,1-2H3,(H,17,19). The first-order valence-corrected chi connectivity index (χ1v) is 8.05. The maximum Gasteiger partial charge on any atom is 0.229 e. The Morgan fingerprint density at radius 1 is 1.14 bits per heavy atom. The van der Waals surface area contributed by atoms with Crippen molar-refractivity contribution in [3.63, 3.8) is 0 Å². The summed E-state index contributed by atoms with van der Waals surface area (Å²) in [5.74, 6) is 0.275. The minimum absolute atomic E-state index is 0.0541. The van der Waals surface area contributed by atoms with Crippen LogP contribution in [0.3, 0.4) is 0 Å². The Hall–Kier alpha value is -1.14. The van der Waals surface area contributed by atoms with Crippen LogP contribution in [0.5, 0.6) is 0 Å². The van der Waals surface area contributed by atoms with E-state index in [1.165, 1.54) is 0 Å². The van der Waals surface area contributed by atoms with E-state index in [0.29, 0.717) is 32.8 Å². The molecule has 2 amide bonds. The summed E-state index contributed by atoms with van der Waals surface area (Å²) in [6.07, 6.45) is 1.52. The second kappa shape index (κ2) is 7.75. The number of carbonyl (C=O) groups is 2. The van der Waals surface area contributed by atoms with E-state index in [9.17, 15) is 9.59 Å². The van der Waals surface area contributed by atoms with Crippen LogP contribution in [0, 0.1) is 11.8 Å². The van der Waals surface area contributed by atoms with Crippen molar-refractivity contribution in [1.82, 2.24) is 15.5 Å². The zero-order chi connectivity index (χ0) is 15.2. The van der Waals surface area contributed by atoms with Crippen LogP contribution in [0.2, 0.25) is 0 Å². The predicted octanol–water partition coefficient (Wildman–Crippen LogP) is -0.0144. The van der Waals surface area contributed by atoms with Gasteiger partial charge in [-0.2, -0.15) is 0 Å². The van der Waals surface area contributed by atoms with Crippen molar-refractivity contribution in [3.05, 3.63) is 0 Å². The van der Waals surface area contributed by atoms with Crippen molar-refractivity contribution < 1.29 is 14.3 Å². The molecule has 0 aromatic rings. The highest BCUT2D eigenvalue weighted by molar-refractivity contribution is 5.81. The molecule has 21 heavy (non-hydrogen) atoms. The number of hydrogen-bond donors (Lipinski definition) is 2. The molecule has 2 heterocycles. The third-order valence-electron chi connectivity index (χ3n) is 4.39.